The number of H-pyrrole nitrogens is 1. The number of rotatable bonds is 5. The Balaban J connectivity index is 1.42. The highest BCUT2D eigenvalue weighted by molar-refractivity contribution is 7.20. The topological polar surface area (TPSA) is 88.5 Å². The van der Waals surface area contributed by atoms with Crippen molar-refractivity contribution in [1.82, 2.24) is 24.7 Å². The summed E-state index contributed by atoms with van der Waals surface area (Å²) in [7, 11) is 0. The van der Waals surface area contributed by atoms with Gasteiger partial charge >= 0.3 is 0 Å². The number of benzene rings is 3. The summed E-state index contributed by atoms with van der Waals surface area (Å²) in [5.74, 6) is 1.32. The first kappa shape index (κ1) is 20.5. The summed E-state index contributed by atoms with van der Waals surface area (Å²) < 4.78 is 3.09. The Morgan fingerprint density at radius 2 is 1.83 bits per heavy atom. The first-order valence-corrected chi connectivity index (χ1v) is 12.2. The van der Waals surface area contributed by atoms with Crippen LogP contribution in [0.15, 0.2) is 91.3 Å². The summed E-state index contributed by atoms with van der Waals surface area (Å²) in [5.41, 5.74) is 4.60. The zero-order valence-corrected chi connectivity index (χ0v) is 19.7. The van der Waals surface area contributed by atoms with Crippen LogP contribution in [0.3, 0.4) is 0 Å². The fourth-order valence-corrected chi connectivity index (χ4v) is 5.36. The number of nitrogens with zero attached hydrogens (tertiary/aromatic N) is 4. The number of aromatic amines is 1. The molecule has 0 aliphatic heterocycles. The number of nitrogens with one attached hydrogen (secondary N) is 2. The summed E-state index contributed by atoms with van der Waals surface area (Å²) in [6.07, 6.45) is 4.71. The molecule has 0 amide bonds. The van der Waals surface area contributed by atoms with Crippen LogP contribution in [0.25, 0.3) is 49.1 Å². The number of fused-ring (bicyclic) bond motifs is 3. The van der Waals surface area contributed by atoms with E-state index >= 15 is 0 Å². The maximum atomic E-state index is 11.3. The molecule has 0 unspecified atom stereocenters. The van der Waals surface area contributed by atoms with Gasteiger partial charge in [0.05, 0.1) is 22.0 Å². The minimum atomic E-state index is 0.605. The molecule has 4 aromatic heterocycles. The summed E-state index contributed by atoms with van der Waals surface area (Å²) in [6, 6.07) is 26.2. The van der Waals surface area contributed by atoms with Crippen LogP contribution >= 0.6 is 11.3 Å². The summed E-state index contributed by atoms with van der Waals surface area (Å²) in [5, 5.41) is 13.6. The average Bonchev–Trinajstić information content (AvgIpc) is 3.66. The quantitative estimate of drug-likeness (QED) is 0.263. The fraction of sp³-hybridized carbons (Fsp3) is 0. The standard InChI is InChI=1S/C28H18N6OS/c35-16-22-13-17-6-7-18(14-25(17)36-22)26-31-27(30-20-8-9-24-19(12-20)15-29-33-24)23-10-11-34(28(23)32-26)21-4-2-1-3-5-21/h1-16H,(H,29,33)(H,30,31,32). The molecule has 0 fully saturated rings. The highest BCUT2D eigenvalue weighted by Crippen LogP contribution is 2.33. The maximum Gasteiger partial charge on any atom is 0.164 e. The van der Waals surface area contributed by atoms with Crippen LogP contribution in [-0.2, 0) is 0 Å². The van der Waals surface area contributed by atoms with Crippen molar-refractivity contribution in [2.24, 2.45) is 0 Å². The smallest absolute Gasteiger partial charge is 0.164 e. The summed E-state index contributed by atoms with van der Waals surface area (Å²) >= 11 is 1.47. The van der Waals surface area contributed by atoms with Crippen LogP contribution in [0, 0.1) is 0 Å². The lowest BCUT2D eigenvalue weighted by molar-refractivity contribution is 0.112. The molecule has 8 heteroatoms. The number of aromatic nitrogens is 5. The van der Waals surface area contributed by atoms with Gasteiger partial charge in [0.1, 0.15) is 5.82 Å². The van der Waals surface area contributed by atoms with Gasteiger partial charge in [0.25, 0.3) is 0 Å². The molecule has 0 bridgehead atoms. The third kappa shape index (κ3) is 3.43. The maximum absolute atomic E-state index is 11.3. The van der Waals surface area contributed by atoms with E-state index in [0.717, 1.165) is 55.2 Å². The lowest BCUT2D eigenvalue weighted by Gasteiger charge is -2.11. The molecular formula is C28H18N6OS. The molecular weight excluding hydrogens is 468 g/mol. The molecule has 0 atom stereocenters. The van der Waals surface area contributed by atoms with Crippen molar-refractivity contribution in [2.45, 2.75) is 0 Å². The minimum absolute atomic E-state index is 0.605. The van der Waals surface area contributed by atoms with Gasteiger partial charge in [-0.05, 0) is 53.9 Å². The molecule has 0 aliphatic rings. The van der Waals surface area contributed by atoms with Gasteiger partial charge in [-0.1, -0.05) is 30.3 Å². The number of anilines is 2. The van der Waals surface area contributed by atoms with E-state index in [0.29, 0.717) is 16.5 Å². The monoisotopic (exact) mass is 486 g/mol. The van der Waals surface area contributed by atoms with E-state index < -0.39 is 0 Å². The lowest BCUT2D eigenvalue weighted by atomic mass is 10.1. The van der Waals surface area contributed by atoms with Crippen molar-refractivity contribution in [3.8, 4) is 17.1 Å². The Kier molecular flexibility index (Phi) is 4.65. The first-order valence-electron chi connectivity index (χ1n) is 11.4. The fourth-order valence-electron chi connectivity index (χ4n) is 4.44. The van der Waals surface area contributed by atoms with Gasteiger partial charge in [0, 0.05) is 33.2 Å². The molecule has 7 aromatic rings. The van der Waals surface area contributed by atoms with Gasteiger partial charge in [-0.3, -0.25) is 9.89 Å². The molecule has 0 radical (unpaired) electrons. The van der Waals surface area contributed by atoms with E-state index in [1.807, 2.05) is 72.9 Å². The second-order valence-electron chi connectivity index (χ2n) is 8.47. The van der Waals surface area contributed by atoms with Gasteiger partial charge in [-0.15, -0.1) is 11.3 Å². The second kappa shape index (κ2) is 8.14. The Hall–Kier alpha value is -4.82. The predicted octanol–water partition coefficient (Wildman–Crippen LogP) is 6.73. The van der Waals surface area contributed by atoms with Crippen molar-refractivity contribution < 1.29 is 4.79 Å². The van der Waals surface area contributed by atoms with E-state index in [4.69, 9.17) is 9.97 Å². The van der Waals surface area contributed by atoms with E-state index in [9.17, 15) is 4.79 Å². The van der Waals surface area contributed by atoms with Gasteiger partial charge in [-0.25, -0.2) is 9.97 Å². The number of thiophene rings is 1. The molecule has 7 nitrogen and oxygen atoms in total. The van der Waals surface area contributed by atoms with Crippen molar-refractivity contribution in [3.63, 3.8) is 0 Å². The number of para-hydroxylation sites is 1. The Morgan fingerprint density at radius 3 is 2.72 bits per heavy atom. The number of carbonyl (C=O) groups is 1. The van der Waals surface area contributed by atoms with E-state index in [2.05, 4.69) is 32.2 Å². The van der Waals surface area contributed by atoms with Crippen molar-refractivity contribution >= 4 is 61.2 Å². The Bertz CT molecular complexity index is 1900. The number of carbonyl (C=O) groups excluding carboxylic acids is 1. The highest BCUT2D eigenvalue weighted by atomic mass is 32.1. The van der Waals surface area contributed by atoms with Crippen molar-refractivity contribution in [1.29, 1.82) is 0 Å². The largest absolute Gasteiger partial charge is 0.340 e. The van der Waals surface area contributed by atoms with Gasteiger partial charge in [0.15, 0.2) is 17.8 Å². The molecule has 36 heavy (non-hydrogen) atoms. The van der Waals surface area contributed by atoms with Crippen LogP contribution < -0.4 is 5.32 Å². The molecule has 0 spiro atoms. The third-order valence-electron chi connectivity index (χ3n) is 6.19. The van der Waals surface area contributed by atoms with Crippen LogP contribution in [-0.4, -0.2) is 31.0 Å². The van der Waals surface area contributed by atoms with Gasteiger partial charge in [0.2, 0.25) is 0 Å². The van der Waals surface area contributed by atoms with Crippen molar-refractivity contribution in [3.05, 3.63) is 96.1 Å². The highest BCUT2D eigenvalue weighted by Gasteiger charge is 2.15. The van der Waals surface area contributed by atoms with Crippen LogP contribution in [0.4, 0.5) is 11.5 Å². The Labute approximate surface area is 209 Å². The molecule has 7 rings (SSSR count). The molecule has 2 N–H and O–H groups in total. The van der Waals surface area contributed by atoms with Crippen molar-refractivity contribution in [2.75, 3.05) is 5.32 Å². The predicted molar refractivity (Wildman–Crippen MR) is 144 cm³/mol. The molecule has 0 saturated heterocycles. The summed E-state index contributed by atoms with van der Waals surface area (Å²) in [4.78, 5) is 21.9. The third-order valence-corrected chi connectivity index (χ3v) is 7.22. The SMILES string of the molecule is O=Cc1cc2ccc(-c3nc(Nc4ccc5[nH]ncc5c4)c4ccn(-c5ccccc5)c4n3)cc2s1. The number of hydrogen-bond acceptors (Lipinski definition) is 6. The van der Waals surface area contributed by atoms with Gasteiger partial charge < -0.3 is 9.88 Å². The van der Waals surface area contributed by atoms with E-state index in [1.54, 1.807) is 6.20 Å². The van der Waals surface area contributed by atoms with Crippen LogP contribution in [0.1, 0.15) is 9.67 Å². The zero-order valence-electron chi connectivity index (χ0n) is 18.8. The van der Waals surface area contributed by atoms with Gasteiger partial charge in [-0.2, -0.15) is 5.10 Å². The second-order valence-corrected chi connectivity index (χ2v) is 9.59. The lowest BCUT2D eigenvalue weighted by Crippen LogP contribution is -2.01. The Morgan fingerprint density at radius 1 is 0.917 bits per heavy atom. The molecule has 172 valence electrons. The molecule has 3 aromatic carbocycles. The van der Waals surface area contributed by atoms with E-state index in [1.165, 1.54) is 11.3 Å². The minimum Gasteiger partial charge on any atom is -0.340 e. The molecule has 4 heterocycles. The van der Waals surface area contributed by atoms with Crippen LogP contribution in [0.2, 0.25) is 0 Å². The van der Waals surface area contributed by atoms with E-state index in [-0.39, 0.29) is 0 Å². The first-order chi connectivity index (χ1) is 17.7. The number of aldehydes is 1. The number of hydrogen-bond donors (Lipinski definition) is 2. The molecule has 0 saturated carbocycles. The average molecular weight is 487 g/mol. The van der Waals surface area contributed by atoms with Crippen LogP contribution in [0.5, 0.6) is 0 Å². The molecule has 0 aliphatic carbocycles. The summed E-state index contributed by atoms with van der Waals surface area (Å²) in [6.45, 7) is 0. The normalized spacial score (nSPS) is 11.4. The zero-order chi connectivity index (χ0) is 24.1.